The number of amides is 1. The van der Waals surface area contributed by atoms with Crippen LogP contribution in [0.2, 0.25) is 0 Å². The van der Waals surface area contributed by atoms with E-state index < -0.39 is 12.0 Å². The molecule has 3 rings (SSSR count). The largest absolute Gasteiger partial charge is 0.480 e. The summed E-state index contributed by atoms with van der Waals surface area (Å²) in [6, 6.07) is 10.2. The number of benzene rings is 1. The summed E-state index contributed by atoms with van der Waals surface area (Å²) in [5, 5.41) is 11.3. The summed E-state index contributed by atoms with van der Waals surface area (Å²) in [7, 11) is 0. The van der Waals surface area contributed by atoms with Crippen LogP contribution in [0.5, 0.6) is 0 Å². The van der Waals surface area contributed by atoms with Gasteiger partial charge in [0.1, 0.15) is 6.04 Å². The zero-order valence-corrected chi connectivity index (χ0v) is 13.9. The minimum Gasteiger partial charge on any atom is -0.480 e. The van der Waals surface area contributed by atoms with Gasteiger partial charge in [0, 0.05) is 0 Å². The molecule has 118 valence electrons. The first kappa shape index (κ1) is 15.6. The number of nitrogens with zero attached hydrogens (tertiary/aromatic N) is 2. The molecule has 1 N–H and O–H groups in total. The predicted molar refractivity (Wildman–Crippen MR) is 91.0 cm³/mol. The van der Waals surface area contributed by atoms with Crippen molar-refractivity contribution >= 4 is 44.8 Å². The van der Waals surface area contributed by atoms with Gasteiger partial charge in [0.05, 0.1) is 15.1 Å². The van der Waals surface area contributed by atoms with Crippen molar-refractivity contribution in [2.24, 2.45) is 4.99 Å². The molecular formula is C16H14N2O3S2. The fraction of sp³-hybridized carbons (Fsp3) is 0.188. The lowest BCUT2D eigenvalue weighted by atomic mass is 10.2. The van der Waals surface area contributed by atoms with Crippen molar-refractivity contribution in [2.45, 2.75) is 19.4 Å². The molecule has 0 aliphatic rings. The van der Waals surface area contributed by atoms with E-state index in [0.29, 0.717) is 16.1 Å². The number of carboxylic acid groups (broad SMARTS) is 1. The van der Waals surface area contributed by atoms with Gasteiger partial charge in [-0.2, -0.15) is 4.99 Å². The molecule has 1 amide bonds. The number of hydrogen-bond donors (Lipinski definition) is 1. The summed E-state index contributed by atoms with van der Waals surface area (Å²) < 4.78 is 2.55. The molecule has 1 unspecified atom stereocenters. The Morgan fingerprint density at radius 2 is 2.04 bits per heavy atom. The van der Waals surface area contributed by atoms with Crippen LogP contribution >= 0.6 is 22.7 Å². The molecule has 1 aromatic carbocycles. The molecule has 1 atom stereocenters. The highest BCUT2D eigenvalue weighted by atomic mass is 32.1. The van der Waals surface area contributed by atoms with E-state index in [9.17, 15) is 14.7 Å². The Kier molecular flexibility index (Phi) is 4.40. The lowest BCUT2D eigenvalue weighted by Gasteiger charge is -2.13. The van der Waals surface area contributed by atoms with Gasteiger partial charge in [0.25, 0.3) is 5.91 Å². The highest BCUT2D eigenvalue weighted by molar-refractivity contribution is 7.16. The van der Waals surface area contributed by atoms with Gasteiger partial charge in [0.2, 0.25) is 0 Å². The van der Waals surface area contributed by atoms with Gasteiger partial charge in [-0.05, 0) is 30.0 Å². The zero-order valence-electron chi connectivity index (χ0n) is 12.3. The van der Waals surface area contributed by atoms with E-state index in [1.165, 1.54) is 22.7 Å². The van der Waals surface area contributed by atoms with Crippen molar-refractivity contribution in [1.82, 2.24) is 4.57 Å². The van der Waals surface area contributed by atoms with Crippen LogP contribution in [0.25, 0.3) is 10.2 Å². The van der Waals surface area contributed by atoms with E-state index in [-0.39, 0.29) is 5.91 Å². The Labute approximate surface area is 140 Å². The third kappa shape index (κ3) is 2.97. The molecule has 5 nitrogen and oxygen atoms in total. The molecule has 7 heteroatoms. The number of thiazole rings is 1. The van der Waals surface area contributed by atoms with Crippen molar-refractivity contribution in [3.05, 3.63) is 51.5 Å². The fourth-order valence-corrected chi connectivity index (χ4v) is 4.05. The minimum atomic E-state index is -0.930. The number of aliphatic carboxylic acids is 1. The zero-order chi connectivity index (χ0) is 16.4. The van der Waals surface area contributed by atoms with Crippen LogP contribution in [-0.4, -0.2) is 21.6 Å². The molecule has 23 heavy (non-hydrogen) atoms. The van der Waals surface area contributed by atoms with Crippen molar-refractivity contribution in [2.75, 3.05) is 0 Å². The van der Waals surface area contributed by atoms with Crippen molar-refractivity contribution < 1.29 is 14.7 Å². The molecule has 0 fully saturated rings. The van der Waals surface area contributed by atoms with E-state index in [1.807, 2.05) is 36.6 Å². The summed E-state index contributed by atoms with van der Waals surface area (Å²) in [4.78, 5) is 29.0. The van der Waals surface area contributed by atoms with Gasteiger partial charge in [0.15, 0.2) is 4.80 Å². The second-order valence-electron chi connectivity index (χ2n) is 4.88. The van der Waals surface area contributed by atoms with Crippen LogP contribution in [0.15, 0.2) is 46.8 Å². The summed E-state index contributed by atoms with van der Waals surface area (Å²) in [6.07, 6.45) is 0.413. The molecule has 3 aromatic rings. The molecule has 0 bridgehead atoms. The normalized spacial score (nSPS) is 13.3. The number of hydrogen-bond acceptors (Lipinski definition) is 4. The van der Waals surface area contributed by atoms with Crippen LogP contribution in [0.4, 0.5) is 0 Å². The Bertz CT molecular complexity index is 922. The highest BCUT2D eigenvalue weighted by Crippen LogP contribution is 2.22. The Hall–Kier alpha value is -2.25. The van der Waals surface area contributed by atoms with Crippen LogP contribution < -0.4 is 4.80 Å². The van der Waals surface area contributed by atoms with Crippen molar-refractivity contribution in [1.29, 1.82) is 0 Å². The van der Waals surface area contributed by atoms with Crippen molar-refractivity contribution in [3.8, 4) is 0 Å². The number of thiophene rings is 1. The third-order valence-corrected chi connectivity index (χ3v) is 5.34. The van der Waals surface area contributed by atoms with Crippen molar-refractivity contribution in [3.63, 3.8) is 0 Å². The summed E-state index contributed by atoms with van der Waals surface area (Å²) in [5.74, 6) is -1.28. The van der Waals surface area contributed by atoms with E-state index in [0.717, 1.165) is 10.2 Å². The molecule has 0 aliphatic carbocycles. The van der Waals surface area contributed by atoms with Gasteiger partial charge >= 0.3 is 5.97 Å². The Morgan fingerprint density at radius 3 is 2.70 bits per heavy atom. The predicted octanol–water partition coefficient (Wildman–Crippen LogP) is 3.54. The topological polar surface area (TPSA) is 71.7 Å². The third-order valence-electron chi connectivity index (χ3n) is 3.44. The number of aromatic nitrogens is 1. The standard InChI is InChI=1S/C16H14N2O3S2/c1-2-10(15(20)21)18-11-6-3-4-7-12(11)23-16(18)17-14(19)13-8-5-9-22-13/h3-10H,2H2,1H3,(H,20,21). The summed E-state index contributed by atoms with van der Waals surface area (Å²) >= 11 is 2.65. The van der Waals surface area contributed by atoms with E-state index in [4.69, 9.17) is 0 Å². The number of fused-ring (bicyclic) bond motifs is 1. The van der Waals surface area contributed by atoms with Gasteiger partial charge < -0.3 is 9.67 Å². The van der Waals surface area contributed by atoms with E-state index in [1.54, 1.807) is 16.7 Å². The number of carboxylic acids is 1. The average molecular weight is 346 g/mol. The first-order valence-corrected chi connectivity index (χ1v) is 8.77. The molecular weight excluding hydrogens is 332 g/mol. The molecule has 2 aromatic heterocycles. The fourth-order valence-electron chi connectivity index (χ4n) is 2.38. The maximum atomic E-state index is 12.3. The Balaban J connectivity index is 2.24. The first-order chi connectivity index (χ1) is 11.1. The Morgan fingerprint density at radius 1 is 1.26 bits per heavy atom. The number of para-hydroxylation sites is 1. The van der Waals surface area contributed by atoms with Crippen LogP contribution in [0.3, 0.4) is 0 Å². The minimum absolute atomic E-state index is 0.347. The second kappa shape index (κ2) is 6.47. The molecule has 0 spiro atoms. The first-order valence-electron chi connectivity index (χ1n) is 7.07. The second-order valence-corrected chi connectivity index (χ2v) is 6.84. The summed E-state index contributed by atoms with van der Waals surface area (Å²) in [5.41, 5.74) is 0.782. The summed E-state index contributed by atoms with van der Waals surface area (Å²) in [6.45, 7) is 1.81. The van der Waals surface area contributed by atoms with E-state index in [2.05, 4.69) is 4.99 Å². The lowest BCUT2D eigenvalue weighted by Crippen LogP contribution is -2.27. The van der Waals surface area contributed by atoms with Gasteiger partial charge in [-0.15, -0.1) is 11.3 Å². The van der Waals surface area contributed by atoms with Crippen LogP contribution in [-0.2, 0) is 4.79 Å². The van der Waals surface area contributed by atoms with Crippen LogP contribution in [0.1, 0.15) is 29.1 Å². The monoisotopic (exact) mass is 346 g/mol. The molecule has 2 heterocycles. The SMILES string of the molecule is CCC(C(=O)O)n1c(=NC(=O)c2cccs2)sc2ccccc21. The van der Waals surface area contributed by atoms with E-state index >= 15 is 0 Å². The number of carbonyl (C=O) groups excluding carboxylic acids is 1. The molecule has 0 radical (unpaired) electrons. The average Bonchev–Trinajstić information content (AvgIpc) is 3.16. The van der Waals surface area contributed by atoms with Crippen LogP contribution in [0, 0.1) is 0 Å². The molecule has 0 saturated carbocycles. The maximum absolute atomic E-state index is 12.3. The maximum Gasteiger partial charge on any atom is 0.326 e. The lowest BCUT2D eigenvalue weighted by molar-refractivity contribution is -0.140. The quantitative estimate of drug-likeness (QED) is 0.785. The smallest absolute Gasteiger partial charge is 0.326 e. The van der Waals surface area contributed by atoms with Gasteiger partial charge in [-0.1, -0.05) is 36.5 Å². The molecule has 0 saturated heterocycles. The number of carbonyl (C=O) groups is 2. The van der Waals surface area contributed by atoms with Gasteiger partial charge in [-0.25, -0.2) is 4.79 Å². The highest BCUT2D eigenvalue weighted by Gasteiger charge is 2.22. The van der Waals surface area contributed by atoms with Gasteiger partial charge in [-0.3, -0.25) is 4.79 Å². The number of rotatable bonds is 4. The molecule has 0 aliphatic heterocycles.